The molecule has 0 radical (unpaired) electrons. The first-order valence-electron chi connectivity index (χ1n) is 7.24. The second-order valence-corrected chi connectivity index (χ2v) is 4.95. The molecule has 2 rings (SSSR count). The monoisotopic (exact) mass is 299 g/mol. The van der Waals surface area contributed by atoms with Crippen LogP contribution in [-0.2, 0) is 17.8 Å². The minimum absolute atomic E-state index is 0.0404. The topological polar surface area (TPSA) is 47.6 Å². The third kappa shape index (κ3) is 4.52. The summed E-state index contributed by atoms with van der Waals surface area (Å²) >= 11 is 0. The van der Waals surface area contributed by atoms with Crippen LogP contribution in [0.25, 0.3) is 0 Å². The maximum atomic E-state index is 11.9. The summed E-state index contributed by atoms with van der Waals surface area (Å²) in [5.41, 5.74) is 2.15. The Morgan fingerprint density at radius 1 is 0.955 bits per heavy atom. The first kappa shape index (κ1) is 15.9. The lowest BCUT2D eigenvalue weighted by Gasteiger charge is -2.10. The lowest BCUT2D eigenvalue weighted by molar-refractivity contribution is -0.121. The van der Waals surface area contributed by atoms with Crippen molar-refractivity contribution in [2.75, 3.05) is 14.2 Å². The number of methoxy groups -OCH3 is 2. The van der Waals surface area contributed by atoms with Gasteiger partial charge in [0.15, 0.2) is 11.5 Å². The number of nitrogens with one attached hydrogen (secondary N) is 1. The molecule has 116 valence electrons. The number of hydrogen-bond acceptors (Lipinski definition) is 3. The van der Waals surface area contributed by atoms with Crippen molar-refractivity contribution in [1.82, 2.24) is 5.32 Å². The van der Waals surface area contributed by atoms with E-state index < -0.39 is 0 Å². The first-order valence-corrected chi connectivity index (χ1v) is 7.24. The van der Waals surface area contributed by atoms with Crippen LogP contribution in [-0.4, -0.2) is 20.1 Å². The molecule has 0 fully saturated rings. The Labute approximate surface area is 131 Å². The van der Waals surface area contributed by atoms with E-state index in [-0.39, 0.29) is 5.91 Å². The standard InChI is InChI=1S/C18H21NO3/c1-21-16-10-8-14(12-17(16)22-2)9-11-18(20)19-13-15-6-4-3-5-7-15/h3-8,10,12H,9,11,13H2,1-2H3,(H,19,20). The summed E-state index contributed by atoms with van der Waals surface area (Å²) in [6.45, 7) is 0.561. The second-order valence-electron chi connectivity index (χ2n) is 4.95. The van der Waals surface area contributed by atoms with Gasteiger partial charge in [-0.2, -0.15) is 0 Å². The average molecular weight is 299 g/mol. The zero-order valence-corrected chi connectivity index (χ0v) is 13.0. The van der Waals surface area contributed by atoms with Crippen molar-refractivity contribution < 1.29 is 14.3 Å². The number of amides is 1. The van der Waals surface area contributed by atoms with E-state index >= 15 is 0 Å². The fraction of sp³-hybridized carbons (Fsp3) is 0.278. The highest BCUT2D eigenvalue weighted by molar-refractivity contribution is 5.76. The van der Waals surface area contributed by atoms with Gasteiger partial charge in [-0.1, -0.05) is 36.4 Å². The van der Waals surface area contributed by atoms with Gasteiger partial charge in [0.25, 0.3) is 0 Å². The van der Waals surface area contributed by atoms with Gasteiger partial charge in [-0.25, -0.2) is 0 Å². The van der Waals surface area contributed by atoms with Crippen LogP contribution in [0.1, 0.15) is 17.5 Å². The lowest BCUT2D eigenvalue weighted by atomic mass is 10.1. The summed E-state index contributed by atoms with van der Waals surface area (Å²) in [6, 6.07) is 15.6. The van der Waals surface area contributed by atoms with Gasteiger partial charge in [-0.3, -0.25) is 4.79 Å². The largest absolute Gasteiger partial charge is 0.493 e. The van der Waals surface area contributed by atoms with Crippen LogP contribution in [0.15, 0.2) is 48.5 Å². The van der Waals surface area contributed by atoms with Crippen molar-refractivity contribution in [3.05, 3.63) is 59.7 Å². The van der Waals surface area contributed by atoms with Crippen LogP contribution in [0.3, 0.4) is 0 Å². The van der Waals surface area contributed by atoms with Gasteiger partial charge in [-0.05, 0) is 29.7 Å². The van der Waals surface area contributed by atoms with Crippen molar-refractivity contribution in [3.63, 3.8) is 0 Å². The molecule has 0 aromatic heterocycles. The van der Waals surface area contributed by atoms with Crippen molar-refractivity contribution >= 4 is 5.91 Å². The fourth-order valence-corrected chi connectivity index (χ4v) is 2.18. The molecule has 0 aliphatic rings. The molecule has 0 saturated carbocycles. The van der Waals surface area contributed by atoms with E-state index in [0.29, 0.717) is 30.9 Å². The number of carbonyl (C=O) groups is 1. The summed E-state index contributed by atoms with van der Waals surface area (Å²) in [7, 11) is 3.21. The predicted molar refractivity (Wildman–Crippen MR) is 86.2 cm³/mol. The molecule has 4 heteroatoms. The Hall–Kier alpha value is -2.49. The van der Waals surface area contributed by atoms with Crippen molar-refractivity contribution in [2.24, 2.45) is 0 Å². The van der Waals surface area contributed by atoms with Crippen LogP contribution >= 0.6 is 0 Å². The minimum atomic E-state index is 0.0404. The summed E-state index contributed by atoms with van der Waals surface area (Å²) in [4.78, 5) is 11.9. The number of hydrogen-bond donors (Lipinski definition) is 1. The van der Waals surface area contributed by atoms with Gasteiger partial charge in [0.05, 0.1) is 14.2 Å². The molecule has 1 amide bonds. The molecule has 2 aromatic rings. The highest BCUT2D eigenvalue weighted by atomic mass is 16.5. The molecular weight excluding hydrogens is 278 g/mol. The van der Waals surface area contributed by atoms with Crippen molar-refractivity contribution in [2.45, 2.75) is 19.4 Å². The molecule has 0 bridgehead atoms. The Kier molecular flexibility index (Phi) is 5.83. The maximum absolute atomic E-state index is 11.9. The molecule has 0 atom stereocenters. The average Bonchev–Trinajstić information content (AvgIpc) is 2.58. The van der Waals surface area contributed by atoms with Gasteiger partial charge in [0.2, 0.25) is 5.91 Å². The Morgan fingerprint density at radius 3 is 2.36 bits per heavy atom. The SMILES string of the molecule is COc1ccc(CCC(=O)NCc2ccccc2)cc1OC. The normalized spacial score (nSPS) is 10.1. The van der Waals surface area contributed by atoms with Gasteiger partial charge >= 0.3 is 0 Å². The van der Waals surface area contributed by atoms with Crippen LogP contribution < -0.4 is 14.8 Å². The molecule has 1 N–H and O–H groups in total. The van der Waals surface area contributed by atoms with Crippen LogP contribution in [0.2, 0.25) is 0 Å². The summed E-state index contributed by atoms with van der Waals surface area (Å²) in [5, 5.41) is 2.93. The van der Waals surface area contributed by atoms with Crippen LogP contribution in [0, 0.1) is 0 Å². The van der Waals surface area contributed by atoms with E-state index in [1.807, 2.05) is 48.5 Å². The van der Waals surface area contributed by atoms with Crippen LogP contribution in [0.5, 0.6) is 11.5 Å². The van der Waals surface area contributed by atoms with Gasteiger partial charge in [0, 0.05) is 13.0 Å². The number of rotatable bonds is 7. The molecule has 0 spiro atoms. The molecule has 0 saturated heterocycles. The molecule has 0 aliphatic heterocycles. The van der Waals surface area contributed by atoms with E-state index in [1.165, 1.54) is 0 Å². The predicted octanol–water partition coefficient (Wildman–Crippen LogP) is 2.95. The third-order valence-electron chi connectivity index (χ3n) is 3.42. The minimum Gasteiger partial charge on any atom is -0.493 e. The zero-order chi connectivity index (χ0) is 15.8. The molecule has 4 nitrogen and oxygen atoms in total. The van der Waals surface area contributed by atoms with Gasteiger partial charge < -0.3 is 14.8 Å². The van der Waals surface area contributed by atoms with E-state index in [9.17, 15) is 4.79 Å². The fourth-order valence-electron chi connectivity index (χ4n) is 2.18. The van der Waals surface area contributed by atoms with E-state index in [0.717, 1.165) is 11.1 Å². The number of carbonyl (C=O) groups excluding carboxylic acids is 1. The Morgan fingerprint density at radius 2 is 1.68 bits per heavy atom. The number of benzene rings is 2. The quantitative estimate of drug-likeness (QED) is 0.855. The van der Waals surface area contributed by atoms with Gasteiger partial charge in [0.1, 0.15) is 0 Å². The summed E-state index contributed by atoms with van der Waals surface area (Å²) < 4.78 is 10.5. The highest BCUT2D eigenvalue weighted by Crippen LogP contribution is 2.27. The first-order chi connectivity index (χ1) is 10.7. The molecule has 0 heterocycles. The maximum Gasteiger partial charge on any atom is 0.220 e. The van der Waals surface area contributed by atoms with Crippen molar-refractivity contribution in [1.29, 1.82) is 0 Å². The summed E-state index contributed by atoms with van der Waals surface area (Å²) in [6.07, 6.45) is 1.11. The highest BCUT2D eigenvalue weighted by Gasteiger charge is 2.07. The van der Waals surface area contributed by atoms with E-state index in [4.69, 9.17) is 9.47 Å². The second kappa shape index (κ2) is 8.08. The number of ether oxygens (including phenoxy) is 2. The lowest BCUT2D eigenvalue weighted by Crippen LogP contribution is -2.22. The smallest absolute Gasteiger partial charge is 0.220 e. The van der Waals surface area contributed by atoms with Crippen LogP contribution in [0.4, 0.5) is 0 Å². The Bertz CT molecular complexity index is 611. The zero-order valence-electron chi connectivity index (χ0n) is 13.0. The molecule has 0 unspecified atom stereocenters. The van der Waals surface area contributed by atoms with E-state index in [1.54, 1.807) is 14.2 Å². The molecule has 2 aromatic carbocycles. The van der Waals surface area contributed by atoms with E-state index in [2.05, 4.69) is 5.32 Å². The summed E-state index contributed by atoms with van der Waals surface area (Å²) in [5.74, 6) is 1.42. The van der Waals surface area contributed by atoms with Crippen molar-refractivity contribution in [3.8, 4) is 11.5 Å². The Balaban J connectivity index is 1.83. The molecular formula is C18H21NO3. The van der Waals surface area contributed by atoms with Gasteiger partial charge in [-0.15, -0.1) is 0 Å². The molecule has 0 aliphatic carbocycles. The number of aryl methyl sites for hydroxylation is 1. The third-order valence-corrected chi connectivity index (χ3v) is 3.42. The molecule has 22 heavy (non-hydrogen) atoms.